The summed E-state index contributed by atoms with van der Waals surface area (Å²) in [5.74, 6) is -1.64. The van der Waals surface area contributed by atoms with Gasteiger partial charge in [0.25, 0.3) is 11.8 Å². The van der Waals surface area contributed by atoms with Crippen LogP contribution in [0.1, 0.15) is 10.4 Å². The molecule has 0 atom stereocenters. The van der Waals surface area contributed by atoms with Gasteiger partial charge in [0.2, 0.25) is 5.82 Å². The fourth-order valence-corrected chi connectivity index (χ4v) is 2.56. The van der Waals surface area contributed by atoms with E-state index in [2.05, 4.69) is 20.4 Å². The third-order valence-electron chi connectivity index (χ3n) is 3.88. The molecule has 0 spiro atoms. The van der Waals surface area contributed by atoms with Crippen molar-refractivity contribution in [3.63, 3.8) is 0 Å². The van der Waals surface area contributed by atoms with Gasteiger partial charge in [-0.15, -0.1) is 0 Å². The van der Waals surface area contributed by atoms with Gasteiger partial charge in [-0.25, -0.2) is 13.8 Å². The third kappa shape index (κ3) is 3.48. The van der Waals surface area contributed by atoms with Crippen molar-refractivity contribution in [3.8, 4) is 23.0 Å². The molecular formula is C20H12F2N4O2. The summed E-state index contributed by atoms with van der Waals surface area (Å²) in [6.45, 7) is 0. The number of carbonyl (C=O) groups is 1. The molecule has 0 aliphatic rings. The van der Waals surface area contributed by atoms with Crippen molar-refractivity contribution < 1.29 is 18.1 Å². The highest BCUT2D eigenvalue weighted by Crippen LogP contribution is 2.24. The van der Waals surface area contributed by atoms with E-state index in [0.29, 0.717) is 11.3 Å². The highest BCUT2D eigenvalue weighted by atomic mass is 19.1. The fourth-order valence-electron chi connectivity index (χ4n) is 2.56. The zero-order valence-electron chi connectivity index (χ0n) is 14.3. The molecule has 2 aromatic carbocycles. The molecule has 8 heteroatoms. The van der Waals surface area contributed by atoms with Gasteiger partial charge in [0.15, 0.2) is 11.5 Å². The first-order chi connectivity index (χ1) is 13.6. The maximum Gasteiger partial charge on any atom is 0.279 e. The topological polar surface area (TPSA) is 80.9 Å². The number of benzene rings is 2. The second-order valence-corrected chi connectivity index (χ2v) is 5.77. The van der Waals surface area contributed by atoms with Crippen molar-refractivity contribution >= 4 is 11.6 Å². The van der Waals surface area contributed by atoms with Crippen LogP contribution in [-0.4, -0.2) is 21.0 Å². The van der Waals surface area contributed by atoms with E-state index in [1.807, 2.05) is 0 Å². The fraction of sp³-hybridized carbons (Fsp3) is 0. The van der Waals surface area contributed by atoms with Crippen LogP contribution in [0.25, 0.3) is 23.0 Å². The highest BCUT2D eigenvalue weighted by molar-refractivity contribution is 6.04. The zero-order chi connectivity index (χ0) is 19.5. The Labute approximate surface area is 157 Å². The number of rotatable bonds is 4. The summed E-state index contributed by atoms with van der Waals surface area (Å²) in [4.78, 5) is 20.3. The standard InChI is InChI=1S/C20H12F2N4O2/c21-15-8-2-1-7-14(15)19(27)24-13-6-3-5-12(11-13)18-25-20(28-26-18)17-16(22)9-4-10-23-17/h1-11H,(H,24,27). The summed E-state index contributed by atoms with van der Waals surface area (Å²) in [6, 6.07) is 15.0. The molecule has 4 aromatic rings. The van der Waals surface area contributed by atoms with Crippen LogP contribution in [-0.2, 0) is 0 Å². The molecule has 0 aliphatic carbocycles. The van der Waals surface area contributed by atoms with Crippen LogP contribution in [0.15, 0.2) is 71.4 Å². The molecule has 0 aliphatic heterocycles. The van der Waals surface area contributed by atoms with E-state index in [1.165, 1.54) is 36.5 Å². The van der Waals surface area contributed by atoms with E-state index < -0.39 is 17.5 Å². The van der Waals surface area contributed by atoms with Crippen LogP contribution in [0.5, 0.6) is 0 Å². The number of aromatic nitrogens is 3. The minimum Gasteiger partial charge on any atom is -0.332 e. The first-order valence-electron chi connectivity index (χ1n) is 8.23. The number of nitrogens with one attached hydrogen (secondary N) is 1. The van der Waals surface area contributed by atoms with E-state index in [0.717, 1.165) is 0 Å². The van der Waals surface area contributed by atoms with Crippen LogP contribution >= 0.6 is 0 Å². The van der Waals surface area contributed by atoms with Crippen molar-refractivity contribution in [1.82, 2.24) is 15.1 Å². The second-order valence-electron chi connectivity index (χ2n) is 5.77. The molecule has 0 bridgehead atoms. The average Bonchev–Trinajstić information content (AvgIpc) is 3.19. The Morgan fingerprint density at radius 1 is 0.964 bits per heavy atom. The lowest BCUT2D eigenvalue weighted by atomic mass is 10.1. The molecule has 28 heavy (non-hydrogen) atoms. The number of pyridine rings is 1. The second kappa shape index (κ2) is 7.36. The van der Waals surface area contributed by atoms with Gasteiger partial charge in [-0.3, -0.25) is 4.79 Å². The lowest BCUT2D eigenvalue weighted by molar-refractivity contribution is 0.102. The number of amides is 1. The Bertz CT molecular complexity index is 1160. The Balaban J connectivity index is 1.59. The monoisotopic (exact) mass is 378 g/mol. The van der Waals surface area contributed by atoms with E-state index in [4.69, 9.17) is 4.52 Å². The summed E-state index contributed by atoms with van der Waals surface area (Å²) in [5.41, 5.74) is 0.824. The Morgan fingerprint density at radius 3 is 2.61 bits per heavy atom. The summed E-state index contributed by atoms with van der Waals surface area (Å²) in [5, 5.41) is 6.45. The van der Waals surface area contributed by atoms with Crippen molar-refractivity contribution in [3.05, 3.63) is 84.1 Å². The number of hydrogen-bond acceptors (Lipinski definition) is 5. The molecule has 0 radical (unpaired) electrons. The van der Waals surface area contributed by atoms with Gasteiger partial charge in [0.05, 0.1) is 5.56 Å². The van der Waals surface area contributed by atoms with Crippen molar-refractivity contribution in [2.24, 2.45) is 0 Å². The Kier molecular flexibility index (Phi) is 4.59. The summed E-state index contributed by atoms with van der Waals surface area (Å²) in [7, 11) is 0. The maximum atomic E-state index is 13.8. The Morgan fingerprint density at radius 2 is 1.79 bits per heavy atom. The van der Waals surface area contributed by atoms with Crippen LogP contribution in [0.2, 0.25) is 0 Å². The van der Waals surface area contributed by atoms with Crippen molar-refractivity contribution in [2.45, 2.75) is 0 Å². The average molecular weight is 378 g/mol. The molecule has 138 valence electrons. The molecule has 0 fully saturated rings. The van der Waals surface area contributed by atoms with Crippen molar-refractivity contribution in [2.75, 3.05) is 5.32 Å². The van der Waals surface area contributed by atoms with E-state index in [9.17, 15) is 13.6 Å². The number of halogens is 2. The number of hydrogen-bond donors (Lipinski definition) is 1. The molecule has 4 rings (SSSR count). The highest BCUT2D eigenvalue weighted by Gasteiger charge is 2.16. The third-order valence-corrected chi connectivity index (χ3v) is 3.88. The molecule has 0 saturated carbocycles. The van der Waals surface area contributed by atoms with Crippen LogP contribution in [0.3, 0.4) is 0 Å². The molecule has 0 unspecified atom stereocenters. The minimum absolute atomic E-state index is 0.0507. The predicted octanol–water partition coefficient (Wildman–Crippen LogP) is 4.33. The smallest absolute Gasteiger partial charge is 0.279 e. The van der Waals surface area contributed by atoms with Gasteiger partial charge in [-0.1, -0.05) is 29.4 Å². The van der Waals surface area contributed by atoms with Gasteiger partial charge in [-0.05, 0) is 36.4 Å². The molecule has 1 amide bonds. The maximum absolute atomic E-state index is 13.8. The molecule has 0 saturated heterocycles. The van der Waals surface area contributed by atoms with E-state index >= 15 is 0 Å². The van der Waals surface area contributed by atoms with Crippen LogP contribution in [0, 0.1) is 11.6 Å². The van der Waals surface area contributed by atoms with Gasteiger partial charge in [-0.2, -0.15) is 4.98 Å². The number of anilines is 1. The molecule has 1 N–H and O–H groups in total. The summed E-state index contributed by atoms with van der Waals surface area (Å²) in [6.07, 6.45) is 1.42. The van der Waals surface area contributed by atoms with Gasteiger partial charge < -0.3 is 9.84 Å². The van der Waals surface area contributed by atoms with Crippen LogP contribution in [0.4, 0.5) is 14.5 Å². The summed E-state index contributed by atoms with van der Waals surface area (Å²) >= 11 is 0. The van der Waals surface area contributed by atoms with Gasteiger partial charge in [0, 0.05) is 17.4 Å². The van der Waals surface area contributed by atoms with Crippen molar-refractivity contribution in [1.29, 1.82) is 0 Å². The largest absolute Gasteiger partial charge is 0.332 e. The zero-order valence-corrected chi connectivity index (χ0v) is 14.3. The first-order valence-corrected chi connectivity index (χ1v) is 8.23. The molecule has 2 heterocycles. The van der Waals surface area contributed by atoms with E-state index in [-0.39, 0.29) is 23.0 Å². The normalized spacial score (nSPS) is 10.6. The minimum atomic E-state index is -0.614. The quantitative estimate of drug-likeness (QED) is 0.572. The molecular weight excluding hydrogens is 366 g/mol. The molecule has 2 aromatic heterocycles. The van der Waals surface area contributed by atoms with E-state index in [1.54, 1.807) is 30.3 Å². The first kappa shape index (κ1) is 17.5. The predicted molar refractivity (Wildman–Crippen MR) is 97.3 cm³/mol. The van der Waals surface area contributed by atoms with Gasteiger partial charge >= 0.3 is 0 Å². The number of nitrogens with zero attached hydrogens (tertiary/aromatic N) is 3. The summed E-state index contributed by atoms with van der Waals surface area (Å²) < 4.78 is 32.7. The Hall–Kier alpha value is -3.94. The lowest BCUT2D eigenvalue weighted by Gasteiger charge is -2.07. The lowest BCUT2D eigenvalue weighted by Crippen LogP contribution is -2.13. The van der Waals surface area contributed by atoms with Crippen LogP contribution < -0.4 is 5.32 Å². The van der Waals surface area contributed by atoms with Gasteiger partial charge in [0.1, 0.15) is 5.82 Å². The number of carbonyl (C=O) groups excluding carboxylic acids is 1. The SMILES string of the molecule is O=C(Nc1cccc(-c2noc(-c3ncccc3F)n2)c1)c1ccccc1F. The molecule has 6 nitrogen and oxygen atoms in total.